The molecule has 1 amide bonds. The van der Waals surface area contributed by atoms with Gasteiger partial charge in [0.1, 0.15) is 0 Å². The summed E-state index contributed by atoms with van der Waals surface area (Å²) in [5.74, 6) is -0.0474. The van der Waals surface area contributed by atoms with Crippen LogP contribution in [0.15, 0.2) is 170 Å². The van der Waals surface area contributed by atoms with Crippen molar-refractivity contribution < 1.29 is 4.79 Å². The van der Waals surface area contributed by atoms with E-state index in [4.69, 9.17) is 5.73 Å². The zero-order chi connectivity index (χ0) is 34.1. The first-order valence-electron chi connectivity index (χ1n) is 17.4. The van der Waals surface area contributed by atoms with Crippen LogP contribution in [0.5, 0.6) is 0 Å². The van der Waals surface area contributed by atoms with Crippen LogP contribution in [-0.4, -0.2) is 5.91 Å². The quantitative estimate of drug-likeness (QED) is 0.192. The summed E-state index contributed by atoms with van der Waals surface area (Å²) in [6.45, 7) is 0.417. The largest absolute Gasteiger partial charge is 0.397 e. The lowest BCUT2D eigenvalue weighted by Crippen LogP contribution is -2.34. The second-order valence-corrected chi connectivity index (χ2v) is 13.4. The molecule has 51 heavy (non-hydrogen) atoms. The minimum Gasteiger partial charge on any atom is -0.397 e. The molecule has 0 fully saturated rings. The zero-order valence-corrected chi connectivity index (χ0v) is 27.8. The van der Waals surface area contributed by atoms with E-state index in [0.29, 0.717) is 23.5 Å². The van der Waals surface area contributed by atoms with E-state index >= 15 is 0 Å². The van der Waals surface area contributed by atoms with Gasteiger partial charge in [0.2, 0.25) is 0 Å². The monoisotopic (exact) mass is 652 g/mol. The van der Waals surface area contributed by atoms with Crippen LogP contribution in [-0.2, 0) is 6.54 Å². The van der Waals surface area contributed by atoms with Gasteiger partial charge in [-0.25, -0.2) is 0 Å². The number of nitrogens with two attached hydrogens (primary N) is 1. The number of carbonyl (C=O) groups excluding carboxylic acids is 1. The number of hydrogen-bond acceptors (Lipinski definition) is 2. The molecule has 0 atom stereocenters. The number of nitrogen functional groups attached to an aromatic ring is 1. The van der Waals surface area contributed by atoms with Crippen LogP contribution in [0.1, 0.15) is 15.9 Å². The number of rotatable bonds is 4. The van der Waals surface area contributed by atoms with Gasteiger partial charge < -0.3 is 10.6 Å². The molecular formula is C48H32N2O. The molecule has 10 rings (SSSR count). The van der Waals surface area contributed by atoms with Gasteiger partial charge in [0, 0.05) is 16.5 Å². The van der Waals surface area contributed by atoms with Crippen molar-refractivity contribution in [1.29, 1.82) is 0 Å². The topological polar surface area (TPSA) is 46.3 Å². The van der Waals surface area contributed by atoms with Crippen LogP contribution in [0.25, 0.3) is 76.5 Å². The Bertz CT molecular complexity index is 2870. The van der Waals surface area contributed by atoms with Crippen molar-refractivity contribution in [2.75, 3.05) is 10.6 Å². The van der Waals surface area contributed by atoms with E-state index in [-0.39, 0.29) is 5.91 Å². The molecule has 0 bridgehead atoms. The van der Waals surface area contributed by atoms with Crippen LogP contribution >= 0.6 is 0 Å². The molecule has 2 N–H and O–H groups in total. The highest BCUT2D eigenvalue weighted by atomic mass is 16.2. The van der Waals surface area contributed by atoms with Crippen molar-refractivity contribution in [3.63, 3.8) is 0 Å². The van der Waals surface area contributed by atoms with Crippen LogP contribution < -0.4 is 10.6 Å². The third-order valence-electron chi connectivity index (χ3n) is 10.6. The van der Waals surface area contributed by atoms with Crippen LogP contribution in [0.4, 0.5) is 11.4 Å². The lowest BCUT2D eigenvalue weighted by molar-refractivity contribution is 0.0984. The summed E-state index contributed by atoms with van der Waals surface area (Å²) in [6.07, 6.45) is 0. The standard InChI is InChI=1S/C48H32N2O/c49-47-44(40-22-9-16-32-13-3-6-19-37(32)40)27-34(38-20-7-14-30-11-1-4-17-35(30)38)28-45(47)50-29-33-25-26-41(42-23-10-24-43(46(33)42)48(50)51)39-21-8-15-31-12-2-5-18-36(31)39/h1-28H,29,49H2. The van der Waals surface area contributed by atoms with Crippen LogP contribution in [0.3, 0.4) is 0 Å². The van der Waals surface area contributed by atoms with Crippen molar-refractivity contribution in [3.8, 4) is 33.4 Å². The lowest BCUT2D eigenvalue weighted by Gasteiger charge is -2.32. The Morgan fingerprint density at radius 2 is 0.902 bits per heavy atom. The van der Waals surface area contributed by atoms with Gasteiger partial charge in [0.05, 0.1) is 17.9 Å². The minimum absolute atomic E-state index is 0.0474. The molecule has 1 aliphatic rings. The first-order valence-corrected chi connectivity index (χ1v) is 17.4. The smallest absolute Gasteiger partial charge is 0.259 e. The Morgan fingerprint density at radius 3 is 1.55 bits per heavy atom. The van der Waals surface area contributed by atoms with Crippen molar-refractivity contribution >= 4 is 60.4 Å². The Kier molecular flexibility index (Phi) is 6.55. The summed E-state index contributed by atoms with van der Waals surface area (Å²) < 4.78 is 0. The highest BCUT2D eigenvalue weighted by molar-refractivity contribution is 6.21. The van der Waals surface area contributed by atoms with Gasteiger partial charge in [0.25, 0.3) is 5.91 Å². The average molecular weight is 653 g/mol. The predicted molar refractivity (Wildman–Crippen MR) is 214 cm³/mol. The molecule has 9 aromatic rings. The van der Waals surface area contributed by atoms with Crippen LogP contribution in [0, 0.1) is 0 Å². The molecular weight excluding hydrogens is 621 g/mol. The van der Waals surface area contributed by atoms with Gasteiger partial charge in [0.15, 0.2) is 0 Å². The Balaban J connectivity index is 1.18. The van der Waals surface area contributed by atoms with Gasteiger partial charge in [-0.1, -0.05) is 152 Å². The molecule has 0 spiro atoms. The Hall–Kier alpha value is -6.71. The molecule has 0 unspecified atom stereocenters. The Labute approximate surface area is 295 Å². The average Bonchev–Trinajstić information content (AvgIpc) is 3.19. The predicted octanol–water partition coefficient (Wildman–Crippen LogP) is 12.0. The lowest BCUT2D eigenvalue weighted by atomic mass is 9.87. The summed E-state index contributed by atoms with van der Waals surface area (Å²) >= 11 is 0. The second-order valence-electron chi connectivity index (χ2n) is 13.4. The van der Waals surface area contributed by atoms with E-state index in [1.54, 1.807) is 0 Å². The summed E-state index contributed by atoms with van der Waals surface area (Å²) in [4.78, 5) is 16.7. The number of fused-ring (bicyclic) bond motifs is 3. The molecule has 0 aromatic heterocycles. The molecule has 3 nitrogen and oxygen atoms in total. The van der Waals surface area contributed by atoms with E-state index in [1.165, 1.54) is 16.3 Å². The fraction of sp³-hybridized carbons (Fsp3) is 0.0208. The summed E-state index contributed by atoms with van der Waals surface area (Å²) in [5, 5.41) is 9.07. The van der Waals surface area contributed by atoms with E-state index in [9.17, 15) is 4.79 Å². The van der Waals surface area contributed by atoms with Crippen molar-refractivity contribution in [2.45, 2.75) is 6.54 Å². The van der Waals surface area contributed by atoms with Gasteiger partial charge in [-0.3, -0.25) is 4.79 Å². The summed E-state index contributed by atoms with van der Waals surface area (Å²) in [7, 11) is 0. The van der Waals surface area contributed by atoms with Gasteiger partial charge in [-0.15, -0.1) is 0 Å². The fourth-order valence-electron chi connectivity index (χ4n) is 8.24. The van der Waals surface area contributed by atoms with Gasteiger partial charge in [-0.05, 0) is 89.3 Å². The molecule has 0 saturated carbocycles. The minimum atomic E-state index is -0.0474. The zero-order valence-electron chi connectivity index (χ0n) is 27.8. The van der Waals surface area contributed by atoms with Crippen molar-refractivity contribution in [3.05, 3.63) is 181 Å². The molecule has 1 heterocycles. The first kappa shape index (κ1) is 29.2. The highest BCUT2D eigenvalue weighted by Crippen LogP contribution is 2.46. The summed E-state index contributed by atoms with van der Waals surface area (Å²) in [6, 6.07) is 59.3. The van der Waals surface area contributed by atoms with E-state index < -0.39 is 0 Å². The summed E-state index contributed by atoms with van der Waals surface area (Å²) in [5.41, 5.74) is 16.7. The van der Waals surface area contributed by atoms with Crippen molar-refractivity contribution in [2.24, 2.45) is 0 Å². The number of hydrogen-bond donors (Lipinski definition) is 1. The molecule has 0 aliphatic carbocycles. The maximum atomic E-state index is 14.8. The maximum absolute atomic E-state index is 14.8. The third kappa shape index (κ3) is 4.56. The molecule has 1 aliphatic heterocycles. The molecule has 9 aromatic carbocycles. The third-order valence-corrected chi connectivity index (χ3v) is 10.6. The van der Waals surface area contributed by atoms with Crippen LogP contribution in [0.2, 0.25) is 0 Å². The number of anilines is 2. The van der Waals surface area contributed by atoms with Gasteiger partial charge >= 0.3 is 0 Å². The van der Waals surface area contributed by atoms with Gasteiger partial charge in [-0.2, -0.15) is 0 Å². The number of carbonyl (C=O) groups is 1. The molecule has 240 valence electrons. The van der Waals surface area contributed by atoms with Crippen molar-refractivity contribution in [1.82, 2.24) is 0 Å². The molecule has 0 radical (unpaired) electrons. The Morgan fingerprint density at radius 1 is 0.431 bits per heavy atom. The maximum Gasteiger partial charge on any atom is 0.259 e. The highest BCUT2D eigenvalue weighted by Gasteiger charge is 2.30. The SMILES string of the molecule is Nc1c(-c2cccc3ccccc23)cc(-c2cccc3ccccc23)cc1N1Cc2ccc(-c3cccc4ccccc34)c3cccc(c23)C1=O. The number of nitrogens with zero attached hydrogens (tertiary/aromatic N) is 1. The second kappa shape index (κ2) is 11.4. The first-order chi connectivity index (χ1) is 25.1. The van der Waals surface area contributed by atoms with E-state index in [2.05, 4.69) is 158 Å². The van der Waals surface area contributed by atoms with E-state index in [1.807, 2.05) is 17.0 Å². The van der Waals surface area contributed by atoms with E-state index in [0.717, 1.165) is 65.7 Å². The normalized spacial score (nSPS) is 12.7. The number of amides is 1. The molecule has 3 heteroatoms. The fourth-order valence-corrected chi connectivity index (χ4v) is 8.24. The molecule has 0 saturated heterocycles. The number of benzene rings is 9.